The van der Waals surface area contributed by atoms with Crippen molar-refractivity contribution in [3.05, 3.63) is 71.3 Å². The van der Waals surface area contributed by atoms with Gasteiger partial charge in [-0.25, -0.2) is 0 Å². The molecule has 3 rings (SSSR count). The number of amides is 1. The van der Waals surface area contributed by atoms with E-state index in [9.17, 15) is 4.79 Å². The van der Waals surface area contributed by atoms with Crippen molar-refractivity contribution in [3.63, 3.8) is 0 Å². The van der Waals surface area contributed by atoms with E-state index in [1.165, 1.54) is 11.1 Å². The molecule has 0 radical (unpaired) electrons. The average molecular weight is 351 g/mol. The molecule has 0 aromatic heterocycles. The van der Waals surface area contributed by atoms with Gasteiger partial charge in [-0.15, -0.1) is 0 Å². The number of hydrogen-bond donors (Lipinski definition) is 0. The summed E-state index contributed by atoms with van der Waals surface area (Å²) in [5.74, 6) is 0.147. The fourth-order valence-electron chi connectivity index (χ4n) is 3.60. The van der Waals surface area contributed by atoms with Crippen LogP contribution in [0.1, 0.15) is 28.4 Å². The highest BCUT2D eigenvalue weighted by atomic mass is 16.2. The summed E-state index contributed by atoms with van der Waals surface area (Å²) in [5, 5.41) is 0. The van der Waals surface area contributed by atoms with E-state index in [0.717, 1.165) is 38.3 Å². The smallest absolute Gasteiger partial charge is 0.254 e. The maximum absolute atomic E-state index is 12.9. The van der Waals surface area contributed by atoms with Gasteiger partial charge in [0.25, 0.3) is 5.91 Å². The lowest BCUT2D eigenvalue weighted by molar-refractivity contribution is 0.0475. The van der Waals surface area contributed by atoms with E-state index in [-0.39, 0.29) is 11.9 Å². The number of benzene rings is 2. The van der Waals surface area contributed by atoms with E-state index in [2.05, 4.69) is 67.2 Å². The van der Waals surface area contributed by atoms with Gasteiger partial charge in [0, 0.05) is 44.3 Å². The maximum Gasteiger partial charge on any atom is 0.254 e. The van der Waals surface area contributed by atoms with Crippen molar-refractivity contribution in [2.24, 2.45) is 0 Å². The van der Waals surface area contributed by atoms with Gasteiger partial charge in [-0.1, -0.05) is 42.5 Å². The first-order valence-electron chi connectivity index (χ1n) is 9.34. The zero-order valence-corrected chi connectivity index (χ0v) is 16.1. The third kappa shape index (κ3) is 4.71. The van der Waals surface area contributed by atoms with Gasteiger partial charge < -0.3 is 9.80 Å². The third-order valence-corrected chi connectivity index (χ3v) is 4.92. The molecule has 1 fully saturated rings. The van der Waals surface area contributed by atoms with Crippen molar-refractivity contribution >= 4 is 5.91 Å². The third-order valence-electron chi connectivity index (χ3n) is 4.92. The Hall–Kier alpha value is -2.17. The fourth-order valence-corrected chi connectivity index (χ4v) is 3.60. The van der Waals surface area contributed by atoms with Gasteiger partial charge in [0.1, 0.15) is 0 Å². The Kier molecular flexibility index (Phi) is 6.07. The van der Waals surface area contributed by atoms with Crippen LogP contribution in [0.2, 0.25) is 0 Å². The van der Waals surface area contributed by atoms with Gasteiger partial charge in [-0.05, 0) is 44.3 Å². The van der Waals surface area contributed by atoms with Gasteiger partial charge in [-0.2, -0.15) is 0 Å². The predicted molar refractivity (Wildman–Crippen MR) is 106 cm³/mol. The summed E-state index contributed by atoms with van der Waals surface area (Å²) in [4.78, 5) is 19.5. The van der Waals surface area contributed by atoms with Crippen molar-refractivity contribution < 1.29 is 4.79 Å². The van der Waals surface area contributed by atoms with Crippen LogP contribution < -0.4 is 0 Å². The standard InChI is InChI=1S/C22H29N3O/c1-18-15-24(17-19-7-5-4-6-8-19)13-14-25(18)22(26)21-11-9-20(10-12-21)16-23(2)3/h4-12,18H,13-17H2,1-3H3. The molecule has 0 saturated carbocycles. The van der Waals surface area contributed by atoms with Crippen LogP contribution in [0.25, 0.3) is 0 Å². The van der Waals surface area contributed by atoms with E-state index in [1.807, 2.05) is 23.1 Å². The normalized spacial score (nSPS) is 18.3. The summed E-state index contributed by atoms with van der Waals surface area (Å²) >= 11 is 0. The Bertz CT molecular complexity index is 712. The SMILES string of the molecule is CC1CN(Cc2ccccc2)CCN1C(=O)c1ccc(CN(C)C)cc1. The highest BCUT2D eigenvalue weighted by Crippen LogP contribution is 2.17. The van der Waals surface area contributed by atoms with Crippen LogP contribution in [0.5, 0.6) is 0 Å². The molecule has 1 heterocycles. The quantitative estimate of drug-likeness (QED) is 0.828. The minimum Gasteiger partial charge on any atom is -0.333 e. The Labute approximate surface area is 157 Å². The highest BCUT2D eigenvalue weighted by Gasteiger charge is 2.28. The summed E-state index contributed by atoms with van der Waals surface area (Å²) in [6.07, 6.45) is 0. The van der Waals surface area contributed by atoms with Gasteiger partial charge in [0.05, 0.1) is 0 Å². The molecule has 26 heavy (non-hydrogen) atoms. The topological polar surface area (TPSA) is 26.8 Å². The molecular weight excluding hydrogens is 322 g/mol. The summed E-state index contributed by atoms with van der Waals surface area (Å²) < 4.78 is 0. The van der Waals surface area contributed by atoms with Crippen molar-refractivity contribution in [1.82, 2.24) is 14.7 Å². The summed E-state index contributed by atoms with van der Waals surface area (Å²) in [5.41, 5.74) is 3.35. The number of rotatable bonds is 5. The minimum atomic E-state index is 0.147. The maximum atomic E-state index is 12.9. The van der Waals surface area contributed by atoms with E-state index in [0.29, 0.717) is 0 Å². The van der Waals surface area contributed by atoms with E-state index >= 15 is 0 Å². The van der Waals surface area contributed by atoms with Crippen molar-refractivity contribution in [2.45, 2.75) is 26.1 Å². The molecule has 2 aromatic rings. The average Bonchev–Trinajstić information content (AvgIpc) is 2.62. The molecule has 0 N–H and O–H groups in total. The number of carbonyl (C=O) groups is 1. The molecule has 2 aromatic carbocycles. The summed E-state index contributed by atoms with van der Waals surface area (Å²) in [6, 6.07) is 18.8. The summed E-state index contributed by atoms with van der Waals surface area (Å²) in [6.45, 7) is 6.61. The van der Waals surface area contributed by atoms with Crippen LogP contribution >= 0.6 is 0 Å². The van der Waals surface area contributed by atoms with E-state index in [4.69, 9.17) is 0 Å². The first-order chi connectivity index (χ1) is 12.5. The molecule has 4 nitrogen and oxygen atoms in total. The van der Waals surface area contributed by atoms with Crippen molar-refractivity contribution in [1.29, 1.82) is 0 Å². The van der Waals surface area contributed by atoms with E-state index < -0.39 is 0 Å². The Morgan fingerprint density at radius 1 is 1.00 bits per heavy atom. The number of carbonyl (C=O) groups excluding carboxylic acids is 1. The first kappa shape index (κ1) is 18.6. The molecule has 1 saturated heterocycles. The second-order valence-electron chi connectivity index (χ2n) is 7.50. The highest BCUT2D eigenvalue weighted by molar-refractivity contribution is 5.94. The lowest BCUT2D eigenvalue weighted by atomic mass is 10.1. The number of hydrogen-bond acceptors (Lipinski definition) is 3. The molecule has 1 aliphatic heterocycles. The molecular formula is C22H29N3O. The molecule has 1 aliphatic rings. The molecule has 0 spiro atoms. The second-order valence-corrected chi connectivity index (χ2v) is 7.50. The molecule has 1 unspecified atom stereocenters. The van der Waals surface area contributed by atoms with Crippen LogP contribution in [0.3, 0.4) is 0 Å². The van der Waals surface area contributed by atoms with Crippen LogP contribution in [0.4, 0.5) is 0 Å². The van der Waals surface area contributed by atoms with Gasteiger partial charge in [0.2, 0.25) is 0 Å². The van der Waals surface area contributed by atoms with E-state index in [1.54, 1.807) is 0 Å². The molecule has 1 amide bonds. The second kappa shape index (κ2) is 8.47. The van der Waals surface area contributed by atoms with Crippen LogP contribution in [-0.2, 0) is 13.1 Å². The van der Waals surface area contributed by atoms with Crippen molar-refractivity contribution in [2.75, 3.05) is 33.7 Å². The predicted octanol–water partition coefficient (Wildman–Crippen LogP) is 3.09. The van der Waals surface area contributed by atoms with Gasteiger partial charge >= 0.3 is 0 Å². The fraction of sp³-hybridized carbons (Fsp3) is 0.409. The lowest BCUT2D eigenvalue weighted by Crippen LogP contribution is -2.53. The molecule has 1 atom stereocenters. The molecule has 138 valence electrons. The molecule has 4 heteroatoms. The zero-order chi connectivity index (χ0) is 18.5. The Morgan fingerprint density at radius 3 is 2.31 bits per heavy atom. The Morgan fingerprint density at radius 2 is 1.69 bits per heavy atom. The molecule has 0 aliphatic carbocycles. The zero-order valence-electron chi connectivity index (χ0n) is 16.1. The minimum absolute atomic E-state index is 0.147. The molecule has 0 bridgehead atoms. The Balaban J connectivity index is 1.59. The van der Waals surface area contributed by atoms with Crippen LogP contribution in [0.15, 0.2) is 54.6 Å². The number of nitrogens with zero attached hydrogens (tertiary/aromatic N) is 3. The van der Waals surface area contributed by atoms with Gasteiger partial charge in [-0.3, -0.25) is 9.69 Å². The number of piperazine rings is 1. The van der Waals surface area contributed by atoms with Crippen LogP contribution in [0, 0.1) is 0 Å². The summed E-state index contributed by atoms with van der Waals surface area (Å²) in [7, 11) is 4.10. The lowest BCUT2D eigenvalue weighted by Gasteiger charge is -2.40. The largest absolute Gasteiger partial charge is 0.333 e. The van der Waals surface area contributed by atoms with Crippen LogP contribution in [-0.4, -0.2) is 60.4 Å². The monoisotopic (exact) mass is 351 g/mol. The van der Waals surface area contributed by atoms with Crippen molar-refractivity contribution in [3.8, 4) is 0 Å². The first-order valence-corrected chi connectivity index (χ1v) is 9.34. The van der Waals surface area contributed by atoms with Gasteiger partial charge in [0.15, 0.2) is 0 Å².